The molecule has 1 N–H and O–H groups in total. The molecule has 31 heavy (non-hydrogen) atoms. The molecule has 160 valence electrons. The van der Waals surface area contributed by atoms with E-state index in [0.29, 0.717) is 35.5 Å². The van der Waals surface area contributed by atoms with Gasteiger partial charge in [0.25, 0.3) is 5.91 Å². The molecule has 0 spiro atoms. The Balaban J connectivity index is 1.44. The van der Waals surface area contributed by atoms with Crippen LogP contribution in [0.4, 0.5) is 0 Å². The minimum absolute atomic E-state index is 0.170. The van der Waals surface area contributed by atoms with Gasteiger partial charge in [0.1, 0.15) is 12.4 Å². The standard InChI is InChI=1S/C24H23ClN2O4/c1-2-29-22-9-5-6-10-23(22)31-17-24(28)27-26-15-18-11-13-20(14-12-18)30-16-19-7-3-4-8-21(19)25/h3-15H,2,16-17H2,1H3,(H,27,28). The highest BCUT2D eigenvalue weighted by Crippen LogP contribution is 2.26. The third kappa shape index (κ3) is 7.04. The van der Waals surface area contributed by atoms with Gasteiger partial charge in [-0.2, -0.15) is 5.10 Å². The first kappa shape index (κ1) is 22.2. The highest BCUT2D eigenvalue weighted by molar-refractivity contribution is 6.31. The predicted octanol–water partition coefficient (Wildman–Crippen LogP) is 4.85. The molecular weight excluding hydrogens is 416 g/mol. The normalized spacial score (nSPS) is 10.6. The third-order valence-electron chi connectivity index (χ3n) is 4.14. The van der Waals surface area contributed by atoms with Crippen LogP contribution in [0.5, 0.6) is 17.2 Å². The third-order valence-corrected chi connectivity index (χ3v) is 4.51. The Morgan fingerprint density at radius 3 is 2.32 bits per heavy atom. The summed E-state index contributed by atoms with van der Waals surface area (Å²) in [5, 5.41) is 4.63. The van der Waals surface area contributed by atoms with E-state index in [1.807, 2.05) is 67.6 Å². The molecule has 3 rings (SSSR count). The molecular formula is C24H23ClN2O4. The number of carbonyl (C=O) groups excluding carboxylic acids is 1. The van der Waals surface area contributed by atoms with Gasteiger partial charge in [-0.05, 0) is 55.0 Å². The molecule has 0 unspecified atom stereocenters. The van der Waals surface area contributed by atoms with Crippen molar-refractivity contribution in [1.29, 1.82) is 0 Å². The average Bonchev–Trinajstić information content (AvgIpc) is 2.79. The molecule has 0 heterocycles. The van der Waals surface area contributed by atoms with E-state index < -0.39 is 0 Å². The summed E-state index contributed by atoms with van der Waals surface area (Å²) in [7, 11) is 0. The molecule has 0 aliphatic rings. The van der Waals surface area contributed by atoms with E-state index in [4.69, 9.17) is 25.8 Å². The molecule has 3 aromatic rings. The lowest BCUT2D eigenvalue weighted by atomic mass is 10.2. The van der Waals surface area contributed by atoms with Gasteiger partial charge >= 0.3 is 0 Å². The molecule has 0 saturated heterocycles. The van der Waals surface area contributed by atoms with Crippen LogP contribution in [0, 0.1) is 0 Å². The summed E-state index contributed by atoms with van der Waals surface area (Å²) in [5.74, 6) is 1.44. The van der Waals surface area contributed by atoms with E-state index in [9.17, 15) is 4.79 Å². The van der Waals surface area contributed by atoms with Crippen molar-refractivity contribution in [1.82, 2.24) is 5.43 Å². The molecule has 0 atom stereocenters. The van der Waals surface area contributed by atoms with Crippen molar-refractivity contribution in [3.8, 4) is 17.2 Å². The largest absolute Gasteiger partial charge is 0.490 e. The number of rotatable bonds is 10. The Bertz CT molecular complexity index is 1020. The van der Waals surface area contributed by atoms with E-state index in [1.54, 1.807) is 18.3 Å². The molecule has 0 saturated carbocycles. The van der Waals surface area contributed by atoms with Crippen LogP contribution in [0.1, 0.15) is 18.1 Å². The first-order valence-corrected chi connectivity index (χ1v) is 10.2. The quantitative estimate of drug-likeness (QED) is 0.363. The van der Waals surface area contributed by atoms with Crippen molar-refractivity contribution in [2.24, 2.45) is 5.10 Å². The number of halogens is 1. The highest BCUT2D eigenvalue weighted by atomic mass is 35.5. The Morgan fingerprint density at radius 2 is 1.61 bits per heavy atom. The van der Waals surface area contributed by atoms with Crippen LogP contribution in [0.3, 0.4) is 0 Å². The number of amides is 1. The fourth-order valence-corrected chi connectivity index (χ4v) is 2.82. The molecule has 0 fully saturated rings. The van der Waals surface area contributed by atoms with Gasteiger partial charge in [0.15, 0.2) is 18.1 Å². The molecule has 1 amide bonds. The number of ether oxygens (including phenoxy) is 3. The topological polar surface area (TPSA) is 69.2 Å². The molecule has 0 aliphatic carbocycles. The fourth-order valence-electron chi connectivity index (χ4n) is 2.63. The number of hydrogen-bond acceptors (Lipinski definition) is 5. The first-order chi connectivity index (χ1) is 15.2. The summed E-state index contributed by atoms with van der Waals surface area (Å²) in [6, 6.07) is 22.1. The van der Waals surface area contributed by atoms with Gasteiger partial charge in [0.05, 0.1) is 12.8 Å². The number of carbonyl (C=O) groups is 1. The molecule has 0 radical (unpaired) electrons. The van der Waals surface area contributed by atoms with Crippen molar-refractivity contribution in [2.45, 2.75) is 13.5 Å². The van der Waals surface area contributed by atoms with Gasteiger partial charge in [-0.15, -0.1) is 0 Å². The van der Waals surface area contributed by atoms with Gasteiger partial charge in [0.2, 0.25) is 0 Å². The number of hydrogen-bond donors (Lipinski definition) is 1. The van der Waals surface area contributed by atoms with Crippen LogP contribution in [-0.2, 0) is 11.4 Å². The van der Waals surface area contributed by atoms with Crippen LogP contribution < -0.4 is 19.6 Å². The van der Waals surface area contributed by atoms with Gasteiger partial charge in [0, 0.05) is 10.6 Å². The molecule has 0 aliphatic heterocycles. The Kier molecular flexibility index (Phi) is 8.31. The van der Waals surface area contributed by atoms with E-state index in [1.165, 1.54) is 0 Å². The van der Waals surface area contributed by atoms with E-state index >= 15 is 0 Å². The van der Waals surface area contributed by atoms with Crippen LogP contribution in [0.2, 0.25) is 5.02 Å². The number of benzene rings is 3. The maximum Gasteiger partial charge on any atom is 0.277 e. The first-order valence-electron chi connectivity index (χ1n) is 9.78. The number of nitrogens with one attached hydrogen (secondary N) is 1. The van der Waals surface area contributed by atoms with Crippen LogP contribution in [0.15, 0.2) is 77.9 Å². The Hall–Kier alpha value is -3.51. The minimum atomic E-state index is -0.373. The molecule has 7 heteroatoms. The fraction of sp³-hybridized carbons (Fsp3) is 0.167. The molecule has 0 bridgehead atoms. The van der Waals surface area contributed by atoms with Crippen molar-refractivity contribution in [2.75, 3.05) is 13.2 Å². The number of nitrogens with zero attached hydrogens (tertiary/aromatic N) is 1. The van der Waals surface area contributed by atoms with Gasteiger partial charge in [-0.1, -0.05) is 41.9 Å². The highest BCUT2D eigenvalue weighted by Gasteiger charge is 2.06. The zero-order valence-electron chi connectivity index (χ0n) is 17.1. The minimum Gasteiger partial charge on any atom is -0.490 e. The van der Waals surface area contributed by atoms with Crippen molar-refractivity contribution in [3.63, 3.8) is 0 Å². The molecule has 0 aromatic heterocycles. The maximum absolute atomic E-state index is 12.0. The van der Waals surface area contributed by atoms with Gasteiger partial charge in [-0.3, -0.25) is 4.79 Å². The van der Waals surface area contributed by atoms with Gasteiger partial charge < -0.3 is 14.2 Å². The maximum atomic E-state index is 12.0. The zero-order valence-corrected chi connectivity index (χ0v) is 17.8. The van der Waals surface area contributed by atoms with Crippen LogP contribution in [0.25, 0.3) is 0 Å². The smallest absolute Gasteiger partial charge is 0.277 e. The van der Waals surface area contributed by atoms with Crippen molar-refractivity contribution >= 4 is 23.7 Å². The van der Waals surface area contributed by atoms with E-state index in [0.717, 1.165) is 11.1 Å². The SMILES string of the molecule is CCOc1ccccc1OCC(=O)NN=Cc1ccc(OCc2ccccc2Cl)cc1. The Labute approximate surface area is 186 Å². The zero-order chi connectivity index (χ0) is 21.9. The van der Waals surface area contributed by atoms with Crippen LogP contribution in [-0.4, -0.2) is 25.3 Å². The lowest BCUT2D eigenvalue weighted by molar-refractivity contribution is -0.123. The average molecular weight is 439 g/mol. The summed E-state index contributed by atoms with van der Waals surface area (Å²) in [4.78, 5) is 12.0. The Morgan fingerprint density at radius 1 is 0.935 bits per heavy atom. The van der Waals surface area contributed by atoms with Gasteiger partial charge in [-0.25, -0.2) is 5.43 Å². The van der Waals surface area contributed by atoms with Crippen LogP contribution >= 0.6 is 11.6 Å². The summed E-state index contributed by atoms with van der Waals surface area (Å²) in [6.45, 7) is 2.61. The second kappa shape index (κ2) is 11.6. The van der Waals surface area contributed by atoms with Crippen molar-refractivity contribution in [3.05, 3.63) is 88.9 Å². The summed E-state index contributed by atoms with van der Waals surface area (Å²) in [6.07, 6.45) is 1.55. The number of hydrazone groups is 1. The second-order valence-corrected chi connectivity index (χ2v) is 6.82. The van der Waals surface area contributed by atoms with E-state index in [-0.39, 0.29) is 12.5 Å². The summed E-state index contributed by atoms with van der Waals surface area (Å²) < 4.78 is 16.7. The lowest BCUT2D eigenvalue weighted by Crippen LogP contribution is -2.24. The number of para-hydroxylation sites is 2. The summed E-state index contributed by atoms with van der Waals surface area (Å²) in [5.41, 5.74) is 4.17. The molecule has 6 nitrogen and oxygen atoms in total. The molecule has 3 aromatic carbocycles. The lowest BCUT2D eigenvalue weighted by Gasteiger charge is -2.10. The monoisotopic (exact) mass is 438 g/mol. The predicted molar refractivity (Wildman–Crippen MR) is 121 cm³/mol. The summed E-state index contributed by atoms with van der Waals surface area (Å²) >= 11 is 6.13. The second-order valence-electron chi connectivity index (χ2n) is 6.41. The van der Waals surface area contributed by atoms with Crippen molar-refractivity contribution < 1.29 is 19.0 Å². The van der Waals surface area contributed by atoms with E-state index in [2.05, 4.69) is 10.5 Å².